The van der Waals surface area contributed by atoms with Crippen molar-refractivity contribution < 1.29 is 0 Å². The Bertz CT molecular complexity index is 578. The van der Waals surface area contributed by atoms with Crippen molar-refractivity contribution >= 4 is 34.3 Å². The Hall–Kier alpha value is -1.26. The smallest absolute Gasteiger partial charge is 0.183 e. The quantitative estimate of drug-likeness (QED) is 0.863. The predicted octanol–water partition coefficient (Wildman–Crippen LogP) is 4.29. The third-order valence-corrected chi connectivity index (χ3v) is 4.29. The lowest BCUT2D eigenvalue weighted by Crippen LogP contribution is -2.07. The average molecular weight is 294 g/mol. The van der Waals surface area contributed by atoms with Crippen molar-refractivity contribution in [3.05, 3.63) is 39.3 Å². The zero-order valence-electron chi connectivity index (χ0n) is 10.7. The second-order valence-corrected chi connectivity index (χ2v) is 6.55. The summed E-state index contributed by atoms with van der Waals surface area (Å²) >= 11 is 7.36. The molecule has 1 saturated carbocycles. The Morgan fingerprint density at radius 2 is 2.26 bits per heavy atom. The van der Waals surface area contributed by atoms with Gasteiger partial charge in [0.25, 0.3) is 0 Å². The van der Waals surface area contributed by atoms with Gasteiger partial charge in [-0.3, -0.25) is 0 Å². The minimum absolute atomic E-state index is 0.595. The Kier molecular flexibility index (Phi) is 3.62. The van der Waals surface area contributed by atoms with E-state index in [4.69, 9.17) is 11.6 Å². The number of hydrogen-bond donors (Lipinski definition) is 2. The van der Waals surface area contributed by atoms with Gasteiger partial charge < -0.3 is 10.6 Å². The number of nitrogens with zero attached hydrogens (tertiary/aromatic N) is 1. The third kappa shape index (κ3) is 3.19. The van der Waals surface area contributed by atoms with E-state index in [1.807, 2.05) is 6.20 Å². The number of anilines is 2. The summed E-state index contributed by atoms with van der Waals surface area (Å²) in [5.41, 5.74) is 3.65. The van der Waals surface area contributed by atoms with Crippen LogP contribution in [0.1, 0.15) is 23.3 Å². The molecule has 1 aromatic heterocycles. The first-order valence-electron chi connectivity index (χ1n) is 6.42. The predicted molar refractivity (Wildman–Crippen MR) is 82.3 cm³/mol. The Morgan fingerprint density at radius 1 is 1.42 bits per heavy atom. The Balaban J connectivity index is 1.73. The highest BCUT2D eigenvalue weighted by atomic mass is 35.5. The van der Waals surface area contributed by atoms with Crippen LogP contribution < -0.4 is 10.6 Å². The molecule has 0 amide bonds. The van der Waals surface area contributed by atoms with Gasteiger partial charge in [-0.25, -0.2) is 4.98 Å². The first-order chi connectivity index (χ1) is 9.22. The molecule has 0 saturated heterocycles. The summed E-state index contributed by atoms with van der Waals surface area (Å²) in [7, 11) is 0. The number of halogens is 1. The van der Waals surface area contributed by atoms with Crippen LogP contribution in [0.5, 0.6) is 0 Å². The molecule has 3 nitrogen and oxygen atoms in total. The maximum Gasteiger partial charge on any atom is 0.183 e. The van der Waals surface area contributed by atoms with Crippen LogP contribution in [0.3, 0.4) is 0 Å². The maximum absolute atomic E-state index is 5.84. The fourth-order valence-corrected chi connectivity index (χ4v) is 2.90. The van der Waals surface area contributed by atoms with Crippen LogP contribution in [0, 0.1) is 6.92 Å². The van der Waals surface area contributed by atoms with Gasteiger partial charge in [0.2, 0.25) is 0 Å². The molecule has 1 fully saturated rings. The van der Waals surface area contributed by atoms with Crippen LogP contribution in [-0.2, 0) is 6.54 Å². The molecule has 1 aliphatic carbocycles. The molecule has 0 atom stereocenters. The first-order valence-corrected chi connectivity index (χ1v) is 7.62. The van der Waals surface area contributed by atoms with Crippen molar-refractivity contribution in [3.8, 4) is 0 Å². The highest BCUT2D eigenvalue weighted by molar-refractivity contribution is 7.15. The number of para-hydroxylation sites is 1. The molecular formula is C14H16ClN3S. The molecule has 0 bridgehead atoms. The van der Waals surface area contributed by atoms with Gasteiger partial charge in [0.1, 0.15) is 0 Å². The maximum atomic E-state index is 5.84. The summed E-state index contributed by atoms with van der Waals surface area (Å²) in [6.07, 6.45) is 4.38. The molecule has 0 unspecified atom stereocenters. The van der Waals surface area contributed by atoms with E-state index >= 15 is 0 Å². The normalized spacial score (nSPS) is 14.4. The average Bonchev–Trinajstić information content (AvgIpc) is 3.11. The van der Waals surface area contributed by atoms with Crippen LogP contribution in [0.25, 0.3) is 0 Å². The lowest BCUT2D eigenvalue weighted by atomic mass is 10.1. The van der Waals surface area contributed by atoms with Gasteiger partial charge in [-0.05, 0) is 31.4 Å². The van der Waals surface area contributed by atoms with Crippen LogP contribution in [0.15, 0.2) is 24.4 Å². The molecule has 19 heavy (non-hydrogen) atoms. The topological polar surface area (TPSA) is 37.0 Å². The summed E-state index contributed by atoms with van der Waals surface area (Å²) in [5, 5.41) is 7.06. The largest absolute Gasteiger partial charge is 0.380 e. The van der Waals surface area contributed by atoms with E-state index in [1.54, 1.807) is 0 Å². The molecule has 1 heterocycles. The van der Waals surface area contributed by atoms with Crippen molar-refractivity contribution in [3.63, 3.8) is 0 Å². The second kappa shape index (κ2) is 5.39. The van der Waals surface area contributed by atoms with Gasteiger partial charge >= 0.3 is 0 Å². The van der Waals surface area contributed by atoms with Crippen molar-refractivity contribution in [2.45, 2.75) is 32.4 Å². The number of rotatable bonds is 5. The number of nitrogens with one attached hydrogen (secondary N) is 2. The zero-order chi connectivity index (χ0) is 13.2. The van der Waals surface area contributed by atoms with E-state index in [0.717, 1.165) is 17.1 Å². The van der Waals surface area contributed by atoms with Crippen molar-refractivity contribution in [1.82, 2.24) is 4.98 Å². The number of thiazole rings is 1. The summed E-state index contributed by atoms with van der Waals surface area (Å²) in [6, 6.07) is 6.98. The van der Waals surface area contributed by atoms with Crippen molar-refractivity contribution in [2.24, 2.45) is 0 Å². The molecule has 1 aromatic carbocycles. The molecule has 3 rings (SSSR count). The second-order valence-electron chi connectivity index (χ2n) is 4.85. The van der Waals surface area contributed by atoms with Gasteiger partial charge in [-0.2, -0.15) is 0 Å². The van der Waals surface area contributed by atoms with Crippen LogP contribution in [0.4, 0.5) is 11.4 Å². The van der Waals surface area contributed by atoms with E-state index in [2.05, 4.69) is 40.7 Å². The lowest BCUT2D eigenvalue weighted by Gasteiger charge is -2.15. The highest BCUT2D eigenvalue weighted by Crippen LogP contribution is 2.32. The van der Waals surface area contributed by atoms with Crippen molar-refractivity contribution in [2.75, 3.05) is 10.6 Å². The lowest BCUT2D eigenvalue weighted by molar-refractivity contribution is 1.12. The number of benzene rings is 1. The molecule has 2 N–H and O–H groups in total. The van der Waals surface area contributed by atoms with Gasteiger partial charge in [0.05, 0.1) is 17.9 Å². The van der Waals surface area contributed by atoms with Crippen molar-refractivity contribution in [1.29, 1.82) is 0 Å². The highest BCUT2D eigenvalue weighted by Gasteiger charge is 2.22. The van der Waals surface area contributed by atoms with E-state index < -0.39 is 0 Å². The van der Waals surface area contributed by atoms with Crippen LogP contribution in [0.2, 0.25) is 4.47 Å². The third-order valence-electron chi connectivity index (χ3n) is 3.18. The first kappa shape index (κ1) is 12.8. The summed E-state index contributed by atoms with van der Waals surface area (Å²) in [6.45, 7) is 2.90. The molecule has 1 aliphatic rings. The number of aromatic nitrogens is 1. The van der Waals surface area contributed by atoms with Gasteiger partial charge in [-0.15, -0.1) is 11.3 Å². The zero-order valence-corrected chi connectivity index (χ0v) is 12.3. The Morgan fingerprint density at radius 3 is 2.95 bits per heavy atom. The van der Waals surface area contributed by atoms with Crippen LogP contribution >= 0.6 is 22.9 Å². The van der Waals surface area contributed by atoms with Gasteiger partial charge in [0.15, 0.2) is 4.47 Å². The molecule has 5 heteroatoms. The van der Waals surface area contributed by atoms with Crippen LogP contribution in [-0.4, -0.2) is 11.0 Å². The monoisotopic (exact) mass is 293 g/mol. The molecular weight excluding hydrogens is 278 g/mol. The van der Waals surface area contributed by atoms with E-state index in [-0.39, 0.29) is 0 Å². The van der Waals surface area contributed by atoms with E-state index in [1.165, 1.54) is 35.4 Å². The summed E-state index contributed by atoms with van der Waals surface area (Å²) in [5.74, 6) is 0. The molecule has 0 radical (unpaired) electrons. The van der Waals surface area contributed by atoms with Gasteiger partial charge in [-0.1, -0.05) is 23.7 Å². The fraction of sp³-hybridized carbons (Fsp3) is 0.357. The summed E-state index contributed by atoms with van der Waals surface area (Å²) in [4.78, 5) is 5.20. The standard InChI is InChI=1S/C14H16ClN3S/c1-9-3-2-4-12(13(9)18-10-5-6-10)16-7-11-8-17-14(15)19-11/h2-4,8,10,16,18H,5-7H2,1H3. The summed E-state index contributed by atoms with van der Waals surface area (Å²) < 4.78 is 0.595. The molecule has 2 aromatic rings. The molecule has 0 aliphatic heterocycles. The van der Waals surface area contributed by atoms with E-state index in [9.17, 15) is 0 Å². The SMILES string of the molecule is Cc1cccc(NCc2cnc(Cl)s2)c1NC1CC1. The molecule has 0 spiro atoms. The fourth-order valence-electron chi connectivity index (χ4n) is 1.99. The van der Waals surface area contributed by atoms with Gasteiger partial charge in [0, 0.05) is 17.1 Å². The number of aryl methyl sites for hydroxylation is 1. The molecule has 100 valence electrons. The van der Waals surface area contributed by atoms with E-state index in [0.29, 0.717) is 10.5 Å². The Labute approximate surface area is 122 Å². The number of hydrogen-bond acceptors (Lipinski definition) is 4. The minimum atomic E-state index is 0.595. The minimum Gasteiger partial charge on any atom is -0.380 e.